The normalized spacial score (nSPS) is 10.9. The molecule has 90 valence electrons. The van der Waals surface area contributed by atoms with E-state index in [2.05, 4.69) is 29.5 Å². The van der Waals surface area contributed by atoms with Crippen LogP contribution >= 0.6 is 11.3 Å². The molecule has 0 aliphatic rings. The summed E-state index contributed by atoms with van der Waals surface area (Å²) in [4.78, 5) is 14.0. The van der Waals surface area contributed by atoms with E-state index in [1.807, 2.05) is 0 Å². The lowest BCUT2D eigenvalue weighted by molar-refractivity contribution is -0.137. The molecule has 0 radical (unpaired) electrons. The zero-order valence-electron chi connectivity index (χ0n) is 9.69. The number of unbranched alkanes of at least 4 members (excludes halogenated alkanes) is 2. The van der Waals surface area contributed by atoms with Gasteiger partial charge in [0.05, 0.1) is 0 Å². The maximum absolute atomic E-state index is 10.3. The molecule has 0 aliphatic heterocycles. The average Bonchev–Trinajstić information content (AvgIpc) is 2.69. The summed E-state index contributed by atoms with van der Waals surface area (Å²) in [6.45, 7) is 2.04. The fraction of sp³-hybridized carbons (Fsp3) is 0.583. The summed E-state index contributed by atoms with van der Waals surface area (Å²) in [5.74, 6) is -0.688. The Morgan fingerprint density at radius 1 is 1.44 bits per heavy atom. The standard InChI is InChI=1S/C12H19NO2S/c1-13(10-11-6-5-9-16-11)8-4-2-3-7-12(14)15/h5-6,9H,2-4,7-8,10H2,1H3,(H,14,15). The summed E-state index contributed by atoms with van der Waals surface area (Å²) in [5, 5.41) is 10.6. The Bertz CT molecular complexity index is 298. The van der Waals surface area contributed by atoms with E-state index in [0.29, 0.717) is 6.42 Å². The van der Waals surface area contributed by atoms with Crippen molar-refractivity contribution in [1.29, 1.82) is 0 Å². The molecule has 4 heteroatoms. The molecule has 0 saturated carbocycles. The Hall–Kier alpha value is -0.870. The lowest BCUT2D eigenvalue weighted by Gasteiger charge is -2.14. The van der Waals surface area contributed by atoms with Gasteiger partial charge in [0.15, 0.2) is 0 Å². The molecule has 1 heterocycles. The van der Waals surface area contributed by atoms with Crippen molar-refractivity contribution in [3.63, 3.8) is 0 Å². The fourth-order valence-electron chi connectivity index (χ4n) is 1.58. The third-order valence-corrected chi connectivity index (χ3v) is 3.30. The number of rotatable bonds is 8. The van der Waals surface area contributed by atoms with Gasteiger partial charge in [-0.05, 0) is 37.9 Å². The number of carbonyl (C=O) groups is 1. The van der Waals surface area contributed by atoms with Gasteiger partial charge in [-0.25, -0.2) is 0 Å². The highest BCUT2D eigenvalue weighted by molar-refractivity contribution is 7.09. The number of nitrogens with zero attached hydrogens (tertiary/aromatic N) is 1. The monoisotopic (exact) mass is 241 g/mol. The van der Waals surface area contributed by atoms with Crippen molar-refractivity contribution < 1.29 is 9.90 Å². The van der Waals surface area contributed by atoms with Gasteiger partial charge in [-0.15, -0.1) is 11.3 Å². The van der Waals surface area contributed by atoms with Gasteiger partial charge in [-0.3, -0.25) is 4.79 Å². The maximum atomic E-state index is 10.3. The van der Waals surface area contributed by atoms with Crippen LogP contribution in [0.4, 0.5) is 0 Å². The molecule has 0 spiro atoms. The summed E-state index contributed by atoms with van der Waals surface area (Å²) < 4.78 is 0. The minimum absolute atomic E-state index is 0.300. The molecule has 0 atom stereocenters. The first-order valence-corrected chi connectivity index (χ1v) is 6.49. The number of aliphatic carboxylic acids is 1. The zero-order valence-corrected chi connectivity index (χ0v) is 10.5. The average molecular weight is 241 g/mol. The first-order chi connectivity index (χ1) is 7.68. The summed E-state index contributed by atoms with van der Waals surface area (Å²) in [6, 6.07) is 4.21. The lowest BCUT2D eigenvalue weighted by atomic mass is 10.2. The Balaban J connectivity index is 2.02. The third-order valence-electron chi connectivity index (χ3n) is 2.44. The summed E-state index contributed by atoms with van der Waals surface area (Å²) in [7, 11) is 2.11. The number of thiophene rings is 1. The molecule has 0 saturated heterocycles. The predicted octanol–water partition coefficient (Wildman–Crippen LogP) is 2.82. The van der Waals surface area contributed by atoms with Gasteiger partial charge in [0, 0.05) is 17.8 Å². The molecule has 0 aromatic carbocycles. The second-order valence-corrected chi connectivity index (χ2v) is 5.05. The quantitative estimate of drug-likeness (QED) is 0.711. The van der Waals surface area contributed by atoms with Crippen LogP contribution in [-0.2, 0) is 11.3 Å². The van der Waals surface area contributed by atoms with Crippen LogP contribution < -0.4 is 0 Å². The minimum Gasteiger partial charge on any atom is -0.481 e. The molecule has 16 heavy (non-hydrogen) atoms. The molecule has 0 unspecified atom stereocenters. The Morgan fingerprint density at radius 2 is 2.25 bits per heavy atom. The maximum Gasteiger partial charge on any atom is 0.303 e. The van der Waals surface area contributed by atoms with Crippen LogP contribution in [0.15, 0.2) is 17.5 Å². The molecule has 0 fully saturated rings. The van der Waals surface area contributed by atoms with Crippen LogP contribution in [0.3, 0.4) is 0 Å². The van der Waals surface area contributed by atoms with E-state index < -0.39 is 5.97 Å². The van der Waals surface area contributed by atoms with E-state index in [-0.39, 0.29) is 0 Å². The first-order valence-electron chi connectivity index (χ1n) is 5.61. The molecular formula is C12H19NO2S. The van der Waals surface area contributed by atoms with E-state index >= 15 is 0 Å². The van der Waals surface area contributed by atoms with E-state index in [0.717, 1.165) is 32.4 Å². The van der Waals surface area contributed by atoms with Crippen molar-refractivity contribution in [1.82, 2.24) is 4.90 Å². The molecule has 0 amide bonds. The zero-order chi connectivity index (χ0) is 11.8. The van der Waals surface area contributed by atoms with Crippen LogP contribution in [0.25, 0.3) is 0 Å². The van der Waals surface area contributed by atoms with Crippen LogP contribution in [-0.4, -0.2) is 29.6 Å². The van der Waals surface area contributed by atoms with Gasteiger partial charge in [0.1, 0.15) is 0 Å². The van der Waals surface area contributed by atoms with Crippen molar-refractivity contribution >= 4 is 17.3 Å². The van der Waals surface area contributed by atoms with Crippen LogP contribution in [0.1, 0.15) is 30.6 Å². The highest BCUT2D eigenvalue weighted by Crippen LogP contribution is 2.11. The number of carboxylic acids is 1. The Kier molecular flexibility index (Phi) is 6.11. The molecule has 3 nitrogen and oxygen atoms in total. The highest BCUT2D eigenvalue weighted by Gasteiger charge is 2.01. The summed E-state index contributed by atoms with van der Waals surface area (Å²) in [6.07, 6.45) is 3.17. The van der Waals surface area contributed by atoms with E-state index in [1.165, 1.54) is 4.88 Å². The smallest absolute Gasteiger partial charge is 0.303 e. The van der Waals surface area contributed by atoms with Crippen molar-refractivity contribution in [2.75, 3.05) is 13.6 Å². The molecule has 1 aromatic rings. The summed E-state index contributed by atoms with van der Waals surface area (Å²) >= 11 is 1.78. The Morgan fingerprint density at radius 3 is 2.88 bits per heavy atom. The number of hydrogen-bond donors (Lipinski definition) is 1. The van der Waals surface area contributed by atoms with Gasteiger partial charge in [0.2, 0.25) is 0 Å². The van der Waals surface area contributed by atoms with Crippen molar-refractivity contribution in [2.45, 2.75) is 32.2 Å². The second kappa shape index (κ2) is 7.41. The molecule has 1 N–H and O–H groups in total. The lowest BCUT2D eigenvalue weighted by Crippen LogP contribution is -2.18. The predicted molar refractivity (Wildman–Crippen MR) is 66.8 cm³/mol. The van der Waals surface area contributed by atoms with Gasteiger partial charge >= 0.3 is 5.97 Å². The van der Waals surface area contributed by atoms with Crippen LogP contribution in [0, 0.1) is 0 Å². The molecular weight excluding hydrogens is 222 g/mol. The van der Waals surface area contributed by atoms with Gasteiger partial charge in [-0.1, -0.05) is 12.5 Å². The second-order valence-electron chi connectivity index (χ2n) is 4.02. The Labute approximate surface area is 101 Å². The largest absolute Gasteiger partial charge is 0.481 e. The summed E-state index contributed by atoms with van der Waals surface area (Å²) in [5.41, 5.74) is 0. The number of hydrogen-bond acceptors (Lipinski definition) is 3. The van der Waals surface area contributed by atoms with Crippen molar-refractivity contribution in [3.8, 4) is 0 Å². The van der Waals surface area contributed by atoms with Gasteiger partial charge in [0.25, 0.3) is 0 Å². The topological polar surface area (TPSA) is 40.5 Å². The van der Waals surface area contributed by atoms with E-state index in [1.54, 1.807) is 11.3 Å². The minimum atomic E-state index is -0.688. The molecule has 0 aliphatic carbocycles. The fourth-order valence-corrected chi connectivity index (χ4v) is 2.37. The van der Waals surface area contributed by atoms with E-state index in [4.69, 9.17) is 5.11 Å². The molecule has 1 rings (SSSR count). The van der Waals surface area contributed by atoms with Crippen molar-refractivity contribution in [2.24, 2.45) is 0 Å². The van der Waals surface area contributed by atoms with E-state index in [9.17, 15) is 4.79 Å². The molecule has 1 aromatic heterocycles. The van der Waals surface area contributed by atoms with Gasteiger partial charge in [-0.2, -0.15) is 0 Å². The van der Waals surface area contributed by atoms with Crippen LogP contribution in [0.5, 0.6) is 0 Å². The van der Waals surface area contributed by atoms with Gasteiger partial charge < -0.3 is 10.0 Å². The molecule has 0 bridgehead atoms. The number of carboxylic acid groups (broad SMARTS) is 1. The highest BCUT2D eigenvalue weighted by atomic mass is 32.1. The van der Waals surface area contributed by atoms with Crippen molar-refractivity contribution in [3.05, 3.63) is 22.4 Å². The third kappa shape index (κ3) is 5.88. The van der Waals surface area contributed by atoms with Crippen LogP contribution in [0.2, 0.25) is 0 Å². The first kappa shape index (κ1) is 13.2. The SMILES string of the molecule is CN(CCCCCC(=O)O)Cc1cccs1.